The van der Waals surface area contributed by atoms with Crippen LogP contribution in [0.5, 0.6) is 0 Å². The minimum absolute atomic E-state index is 0.0297. The minimum Gasteiger partial charge on any atom is -0.465 e. The van der Waals surface area contributed by atoms with Gasteiger partial charge in [0.25, 0.3) is 0 Å². The van der Waals surface area contributed by atoms with Crippen LogP contribution in [-0.4, -0.2) is 30.5 Å². The molecule has 78 valence electrons. The van der Waals surface area contributed by atoms with Crippen molar-refractivity contribution in [2.75, 3.05) is 7.11 Å². The molecule has 1 rings (SSSR count). The van der Waals surface area contributed by atoms with E-state index in [0.29, 0.717) is 0 Å². The lowest BCUT2D eigenvalue weighted by Gasteiger charge is -2.03. The number of methoxy groups -OCH3 is 1. The number of nitrogens with zero attached hydrogens (tertiary/aromatic N) is 1. The Hall–Kier alpha value is -2.24. The molecular weight excluding hydrogens is 202 g/mol. The maximum absolute atomic E-state index is 11.2. The monoisotopic (exact) mass is 209 g/mol. The van der Waals surface area contributed by atoms with Crippen LogP contribution in [0.2, 0.25) is 0 Å². The highest BCUT2D eigenvalue weighted by Crippen LogP contribution is 2.07. The van der Waals surface area contributed by atoms with Crippen molar-refractivity contribution in [3.05, 3.63) is 29.6 Å². The van der Waals surface area contributed by atoms with Crippen molar-refractivity contribution in [2.45, 2.75) is 0 Å². The first-order valence-electron chi connectivity index (χ1n) is 3.88. The average Bonchev–Trinajstić information content (AvgIpc) is 2.28. The van der Waals surface area contributed by atoms with Gasteiger partial charge in [-0.2, -0.15) is 0 Å². The van der Waals surface area contributed by atoms with E-state index in [1.165, 1.54) is 25.4 Å². The van der Waals surface area contributed by atoms with Crippen molar-refractivity contribution in [2.24, 2.45) is 0 Å². The fourth-order valence-corrected chi connectivity index (χ4v) is 0.942. The van der Waals surface area contributed by atoms with Gasteiger partial charge in [0.15, 0.2) is 5.69 Å². The van der Waals surface area contributed by atoms with Gasteiger partial charge in [-0.25, -0.2) is 14.6 Å². The first-order valence-corrected chi connectivity index (χ1v) is 3.88. The summed E-state index contributed by atoms with van der Waals surface area (Å²) in [7, 11) is 1.17. The Morgan fingerprint density at radius 2 is 2.13 bits per heavy atom. The number of carbonyl (C=O) groups is 3. The van der Waals surface area contributed by atoms with Gasteiger partial charge in [-0.1, -0.05) is 0 Å². The highest BCUT2D eigenvalue weighted by Gasteiger charge is 2.19. The molecule has 0 saturated carbocycles. The Bertz CT molecular complexity index is 401. The van der Waals surface area contributed by atoms with Gasteiger partial charge < -0.3 is 9.47 Å². The molecule has 0 aromatic carbocycles. The van der Waals surface area contributed by atoms with Crippen LogP contribution in [0.1, 0.15) is 20.8 Å². The van der Waals surface area contributed by atoms with Crippen molar-refractivity contribution < 1.29 is 23.9 Å². The number of pyridine rings is 1. The molecule has 0 aliphatic carbocycles. The van der Waals surface area contributed by atoms with Crippen LogP contribution in [0.4, 0.5) is 0 Å². The number of esters is 2. The maximum Gasteiger partial charge on any atom is 0.365 e. The summed E-state index contributed by atoms with van der Waals surface area (Å²) in [5, 5.41) is 0. The van der Waals surface area contributed by atoms with Gasteiger partial charge in [-0.05, 0) is 12.1 Å². The molecule has 0 unspecified atom stereocenters. The third kappa shape index (κ3) is 2.37. The molecular formula is C9H7NO5. The summed E-state index contributed by atoms with van der Waals surface area (Å²) in [5.41, 5.74) is -0.302. The minimum atomic E-state index is -0.994. The van der Waals surface area contributed by atoms with Crippen molar-refractivity contribution >= 4 is 18.4 Å². The summed E-state index contributed by atoms with van der Waals surface area (Å²) in [6.07, 6.45) is 1.30. The van der Waals surface area contributed by atoms with Crippen LogP contribution in [0.25, 0.3) is 0 Å². The van der Waals surface area contributed by atoms with Crippen LogP contribution in [0.15, 0.2) is 18.3 Å². The molecule has 0 aliphatic heterocycles. The van der Waals surface area contributed by atoms with E-state index in [1.54, 1.807) is 0 Å². The second kappa shape index (κ2) is 4.85. The normalized spacial score (nSPS) is 9.13. The smallest absolute Gasteiger partial charge is 0.365 e. The zero-order valence-corrected chi connectivity index (χ0v) is 7.80. The zero-order valence-electron chi connectivity index (χ0n) is 7.80. The highest BCUT2D eigenvalue weighted by molar-refractivity contribution is 6.02. The van der Waals surface area contributed by atoms with Crippen LogP contribution >= 0.6 is 0 Å². The topological polar surface area (TPSA) is 82.6 Å². The Balaban J connectivity index is 3.11. The van der Waals surface area contributed by atoms with Gasteiger partial charge in [0.05, 0.1) is 12.7 Å². The number of rotatable bonds is 3. The van der Waals surface area contributed by atoms with Gasteiger partial charge in [-0.15, -0.1) is 0 Å². The van der Waals surface area contributed by atoms with E-state index in [2.05, 4.69) is 14.5 Å². The molecule has 0 fully saturated rings. The molecule has 1 aromatic heterocycles. The SMILES string of the molecule is COC(=O)c1cccnc1C(=O)OC=O. The van der Waals surface area contributed by atoms with E-state index < -0.39 is 11.9 Å². The lowest BCUT2D eigenvalue weighted by molar-refractivity contribution is -0.123. The van der Waals surface area contributed by atoms with Gasteiger partial charge >= 0.3 is 18.4 Å². The molecule has 15 heavy (non-hydrogen) atoms. The van der Waals surface area contributed by atoms with E-state index in [4.69, 9.17) is 0 Å². The predicted octanol–water partition coefficient (Wildman–Crippen LogP) is 0.181. The highest BCUT2D eigenvalue weighted by atomic mass is 16.6. The number of carbonyl (C=O) groups excluding carboxylic acids is 3. The molecule has 1 aromatic rings. The van der Waals surface area contributed by atoms with Crippen molar-refractivity contribution in [1.82, 2.24) is 4.98 Å². The molecule has 6 heteroatoms. The standard InChI is InChI=1S/C9H7NO5/c1-14-8(12)6-3-2-4-10-7(6)9(13)15-5-11/h2-5H,1H3. The Labute approximate surface area is 84.8 Å². The first kappa shape index (κ1) is 10.8. The van der Waals surface area contributed by atoms with Crippen molar-refractivity contribution in [3.8, 4) is 0 Å². The summed E-state index contributed by atoms with van der Waals surface area (Å²) >= 11 is 0. The van der Waals surface area contributed by atoms with Gasteiger partial charge in [0.1, 0.15) is 0 Å². The summed E-state index contributed by atoms with van der Waals surface area (Å²) in [6.45, 7) is -0.0297. The third-order valence-electron chi connectivity index (χ3n) is 1.56. The number of hydrogen-bond donors (Lipinski definition) is 0. The lowest BCUT2D eigenvalue weighted by Crippen LogP contribution is -2.14. The molecule has 0 radical (unpaired) electrons. The number of aromatic nitrogens is 1. The summed E-state index contributed by atoms with van der Waals surface area (Å²) < 4.78 is 8.50. The summed E-state index contributed by atoms with van der Waals surface area (Å²) in [4.78, 5) is 35.9. The van der Waals surface area contributed by atoms with Crippen LogP contribution in [-0.2, 0) is 14.3 Å². The Kier molecular flexibility index (Phi) is 3.50. The summed E-state index contributed by atoms with van der Waals surface area (Å²) in [6, 6.07) is 2.81. The average molecular weight is 209 g/mol. The van der Waals surface area contributed by atoms with Gasteiger partial charge in [-0.3, -0.25) is 4.79 Å². The second-order valence-electron chi connectivity index (χ2n) is 2.39. The molecule has 0 atom stereocenters. The molecule has 0 saturated heterocycles. The first-order chi connectivity index (χ1) is 7.20. The largest absolute Gasteiger partial charge is 0.465 e. The van der Waals surface area contributed by atoms with Crippen LogP contribution in [0, 0.1) is 0 Å². The van der Waals surface area contributed by atoms with E-state index in [9.17, 15) is 14.4 Å². The summed E-state index contributed by atoms with van der Waals surface area (Å²) in [5.74, 6) is -1.72. The van der Waals surface area contributed by atoms with E-state index in [0.717, 1.165) is 0 Å². The van der Waals surface area contributed by atoms with Crippen LogP contribution < -0.4 is 0 Å². The van der Waals surface area contributed by atoms with Crippen LogP contribution in [0.3, 0.4) is 0 Å². The van der Waals surface area contributed by atoms with E-state index in [1.807, 2.05) is 0 Å². The molecule has 0 aliphatic rings. The van der Waals surface area contributed by atoms with Gasteiger partial charge in [0.2, 0.25) is 0 Å². The molecule has 1 heterocycles. The zero-order chi connectivity index (χ0) is 11.3. The predicted molar refractivity (Wildman–Crippen MR) is 47.1 cm³/mol. The number of hydrogen-bond acceptors (Lipinski definition) is 6. The molecule has 0 N–H and O–H groups in total. The van der Waals surface area contributed by atoms with Crippen molar-refractivity contribution in [1.29, 1.82) is 0 Å². The molecule has 0 bridgehead atoms. The maximum atomic E-state index is 11.2. The quantitative estimate of drug-likeness (QED) is 0.401. The lowest BCUT2D eigenvalue weighted by atomic mass is 10.2. The third-order valence-corrected chi connectivity index (χ3v) is 1.56. The second-order valence-corrected chi connectivity index (χ2v) is 2.39. The van der Waals surface area contributed by atoms with Gasteiger partial charge in [0, 0.05) is 6.20 Å². The fourth-order valence-electron chi connectivity index (χ4n) is 0.942. The Morgan fingerprint density at radius 1 is 1.40 bits per heavy atom. The fraction of sp³-hybridized carbons (Fsp3) is 0.111. The van der Waals surface area contributed by atoms with Crippen molar-refractivity contribution in [3.63, 3.8) is 0 Å². The molecule has 6 nitrogen and oxygen atoms in total. The van der Waals surface area contributed by atoms with E-state index >= 15 is 0 Å². The molecule has 0 spiro atoms. The number of ether oxygens (including phenoxy) is 2. The molecule has 0 amide bonds. The Morgan fingerprint density at radius 3 is 2.73 bits per heavy atom. The van der Waals surface area contributed by atoms with E-state index in [-0.39, 0.29) is 17.7 Å².